The highest BCUT2D eigenvalue weighted by Gasteiger charge is 2.22. The summed E-state index contributed by atoms with van der Waals surface area (Å²) in [6.45, 7) is 1.08. The second-order valence-corrected chi connectivity index (χ2v) is 2.62. The Morgan fingerprint density at radius 2 is 2.00 bits per heavy atom. The van der Waals surface area contributed by atoms with Crippen molar-refractivity contribution in [1.29, 1.82) is 0 Å². The lowest BCUT2D eigenvalue weighted by Gasteiger charge is -1.90. The summed E-state index contributed by atoms with van der Waals surface area (Å²) in [4.78, 5) is 9.00. The zero-order valence-corrected chi connectivity index (χ0v) is 6.92. The second-order valence-electron chi connectivity index (χ2n) is 2.62. The molecule has 0 bridgehead atoms. The number of carboxylic acid groups (broad SMARTS) is 1. The lowest BCUT2D eigenvalue weighted by molar-refractivity contribution is -0.134. The van der Waals surface area contributed by atoms with Crippen molar-refractivity contribution in [3.8, 4) is 11.1 Å². The van der Waals surface area contributed by atoms with Crippen molar-refractivity contribution >= 4 is 5.97 Å². The minimum atomic E-state index is -2.30. The van der Waals surface area contributed by atoms with Gasteiger partial charge in [-0.1, -0.05) is 12.1 Å². The van der Waals surface area contributed by atoms with Gasteiger partial charge in [0.25, 0.3) is 12.4 Å². The monoisotopic (exact) mass is 186 g/mol. The summed E-state index contributed by atoms with van der Waals surface area (Å²) in [5.74, 6) is -0.833. The van der Waals surface area contributed by atoms with Gasteiger partial charge in [0.1, 0.15) is 0 Å². The maximum atomic E-state index is 11.9. The largest absolute Gasteiger partial charge is 0.481 e. The normalized spacial score (nSPS) is 10.5. The van der Waals surface area contributed by atoms with Gasteiger partial charge in [0.05, 0.1) is 0 Å². The lowest BCUT2D eigenvalue weighted by atomic mass is 10.3. The summed E-state index contributed by atoms with van der Waals surface area (Å²) >= 11 is 0. The third kappa shape index (κ3) is 2.50. The van der Waals surface area contributed by atoms with Crippen LogP contribution in [-0.2, 0) is 4.79 Å². The molecule has 0 spiro atoms. The number of carbonyl (C=O) groups is 1. The van der Waals surface area contributed by atoms with Crippen LogP contribution in [0.25, 0.3) is 11.1 Å². The Balaban J connectivity index is 0.000000184. The van der Waals surface area contributed by atoms with Crippen LogP contribution < -0.4 is 0 Å². The van der Waals surface area contributed by atoms with E-state index in [9.17, 15) is 8.78 Å². The number of carboxylic acids is 1. The molecule has 0 aromatic rings. The summed E-state index contributed by atoms with van der Waals surface area (Å²) in [7, 11) is 0. The summed E-state index contributed by atoms with van der Waals surface area (Å²) in [5.41, 5.74) is 1.92. The van der Waals surface area contributed by atoms with E-state index in [1.165, 1.54) is 6.07 Å². The molecule has 0 aromatic carbocycles. The predicted molar refractivity (Wildman–Crippen MR) is 43.7 cm³/mol. The Hall–Kier alpha value is -1.45. The number of hydrogen-bond acceptors (Lipinski definition) is 1. The van der Waals surface area contributed by atoms with E-state index in [0.29, 0.717) is 0 Å². The van der Waals surface area contributed by atoms with Crippen molar-refractivity contribution in [2.45, 2.75) is 13.3 Å². The Kier molecular flexibility index (Phi) is 2.60. The second kappa shape index (κ2) is 3.51. The summed E-state index contributed by atoms with van der Waals surface area (Å²) < 4.78 is 23.7. The SMILES string of the molecule is CC(=O)O.FC(F)c1ccc2cc1-2. The fourth-order valence-corrected chi connectivity index (χ4v) is 0.967. The van der Waals surface area contributed by atoms with Crippen LogP contribution in [0.1, 0.15) is 18.9 Å². The van der Waals surface area contributed by atoms with Crippen LogP contribution in [-0.4, -0.2) is 11.1 Å². The van der Waals surface area contributed by atoms with E-state index in [0.717, 1.165) is 18.1 Å². The van der Waals surface area contributed by atoms with E-state index in [1.807, 2.05) is 0 Å². The van der Waals surface area contributed by atoms with E-state index in [1.54, 1.807) is 12.1 Å². The third-order valence-corrected chi connectivity index (χ3v) is 1.52. The summed E-state index contributed by atoms with van der Waals surface area (Å²) in [6.07, 6.45) is -2.30. The summed E-state index contributed by atoms with van der Waals surface area (Å²) in [5, 5.41) is 7.42. The Bertz CT molecular complexity index is 330. The Morgan fingerprint density at radius 1 is 1.46 bits per heavy atom. The van der Waals surface area contributed by atoms with E-state index >= 15 is 0 Å². The number of aliphatic carboxylic acids is 1. The zero-order valence-electron chi connectivity index (χ0n) is 6.92. The first-order valence-corrected chi connectivity index (χ1v) is 3.64. The van der Waals surface area contributed by atoms with Crippen molar-refractivity contribution in [2.24, 2.45) is 0 Å². The molecule has 0 atom stereocenters. The van der Waals surface area contributed by atoms with Crippen molar-refractivity contribution < 1.29 is 18.7 Å². The van der Waals surface area contributed by atoms with Gasteiger partial charge >= 0.3 is 0 Å². The minimum Gasteiger partial charge on any atom is -0.481 e. The minimum absolute atomic E-state index is 0.185. The van der Waals surface area contributed by atoms with Gasteiger partial charge < -0.3 is 5.11 Å². The van der Waals surface area contributed by atoms with Gasteiger partial charge in [-0.2, -0.15) is 0 Å². The molecule has 4 heteroatoms. The van der Waals surface area contributed by atoms with E-state index in [-0.39, 0.29) is 5.56 Å². The van der Waals surface area contributed by atoms with Crippen LogP contribution in [0.15, 0.2) is 18.2 Å². The van der Waals surface area contributed by atoms with Gasteiger partial charge in [-0.3, -0.25) is 4.79 Å². The molecule has 2 aliphatic carbocycles. The molecule has 1 N–H and O–H groups in total. The first-order chi connectivity index (χ1) is 6.02. The van der Waals surface area contributed by atoms with Crippen LogP contribution in [0.3, 0.4) is 0 Å². The van der Waals surface area contributed by atoms with Gasteiger partial charge in [-0.15, -0.1) is 0 Å². The number of fused-ring (bicyclic) bond motifs is 1. The molecule has 0 saturated carbocycles. The predicted octanol–water partition coefficient (Wildman–Crippen LogP) is 2.70. The molecule has 13 heavy (non-hydrogen) atoms. The molecule has 0 aromatic heterocycles. The Labute approximate surface area is 73.8 Å². The van der Waals surface area contributed by atoms with E-state index < -0.39 is 12.4 Å². The molecule has 0 radical (unpaired) electrons. The first kappa shape index (κ1) is 9.64. The van der Waals surface area contributed by atoms with E-state index in [4.69, 9.17) is 9.90 Å². The molecule has 70 valence electrons. The fourth-order valence-electron chi connectivity index (χ4n) is 0.967. The molecule has 2 rings (SSSR count). The van der Waals surface area contributed by atoms with Gasteiger partial charge in [-0.25, -0.2) is 8.78 Å². The quantitative estimate of drug-likeness (QED) is 0.743. The number of alkyl halides is 2. The van der Waals surface area contributed by atoms with Crippen molar-refractivity contribution in [2.75, 3.05) is 0 Å². The van der Waals surface area contributed by atoms with Crippen LogP contribution in [0.4, 0.5) is 8.78 Å². The molecule has 0 aliphatic heterocycles. The number of rotatable bonds is 1. The fraction of sp³-hybridized carbons (Fsp3) is 0.222. The van der Waals surface area contributed by atoms with Crippen molar-refractivity contribution in [3.05, 3.63) is 23.8 Å². The molecule has 0 heterocycles. The van der Waals surface area contributed by atoms with Gasteiger partial charge in [0, 0.05) is 12.5 Å². The van der Waals surface area contributed by atoms with E-state index in [2.05, 4.69) is 0 Å². The molecule has 2 nitrogen and oxygen atoms in total. The van der Waals surface area contributed by atoms with Crippen LogP contribution in [0, 0.1) is 0 Å². The van der Waals surface area contributed by atoms with Gasteiger partial charge in [0.2, 0.25) is 0 Å². The smallest absolute Gasteiger partial charge is 0.300 e. The topological polar surface area (TPSA) is 37.3 Å². The molecular formula is C9H8F2O2. The molecular weight excluding hydrogens is 178 g/mol. The average molecular weight is 186 g/mol. The lowest BCUT2D eigenvalue weighted by Crippen LogP contribution is -1.78. The van der Waals surface area contributed by atoms with Crippen molar-refractivity contribution in [1.82, 2.24) is 0 Å². The molecule has 0 amide bonds. The number of halogens is 2. The maximum absolute atomic E-state index is 11.9. The zero-order chi connectivity index (χ0) is 10.0. The van der Waals surface area contributed by atoms with Crippen molar-refractivity contribution in [3.63, 3.8) is 0 Å². The molecule has 0 unspecified atom stereocenters. The molecule has 0 fully saturated rings. The number of benzene rings is 1. The highest BCUT2D eigenvalue weighted by Crippen LogP contribution is 2.42. The van der Waals surface area contributed by atoms with Crippen LogP contribution in [0.2, 0.25) is 0 Å². The first-order valence-electron chi connectivity index (χ1n) is 3.64. The molecule has 0 saturated heterocycles. The standard InChI is InChI=1S/C7H4F2.C2H4O2/c8-7(9)5-2-1-4-3-6(4)5;1-2(3)4/h1-3,7H;1H3,(H,3,4). The number of hydrogen-bond donors (Lipinski definition) is 1. The van der Waals surface area contributed by atoms with Crippen LogP contribution in [0.5, 0.6) is 0 Å². The van der Waals surface area contributed by atoms with Gasteiger partial charge in [0.15, 0.2) is 0 Å². The molecule has 2 aliphatic rings. The third-order valence-electron chi connectivity index (χ3n) is 1.52. The van der Waals surface area contributed by atoms with Crippen LogP contribution >= 0.6 is 0 Å². The highest BCUT2D eigenvalue weighted by molar-refractivity contribution is 5.84. The summed E-state index contributed by atoms with van der Waals surface area (Å²) in [6, 6.07) is 4.97. The average Bonchev–Trinajstić information content (AvgIpc) is 2.60. The Morgan fingerprint density at radius 3 is 2.15 bits per heavy atom. The van der Waals surface area contributed by atoms with Gasteiger partial charge in [-0.05, 0) is 17.2 Å². The maximum Gasteiger partial charge on any atom is 0.300 e. The highest BCUT2D eigenvalue weighted by atomic mass is 19.3.